The fraction of sp³-hybridized carbons (Fsp3) is 0.394. The molecule has 0 aromatic heterocycles. The first-order valence-corrected chi connectivity index (χ1v) is 14.3. The average molecular weight is 559 g/mol. The SMILES string of the molecule is CCNc1cc(C(=O)N[C@@H](Cc2ccccc2)[C@H](O)CNC(C)(C)c2cccc(OC)c2)cc(N2CCCC2=O)c1. The number of methoxy groups -OCH3 is 1. The van der Waals surface area contributed by atoms with E-state index in [4.69, 9.17) is 4.74 Å². The predicted molar refractivity (Wildman–Crippen MR) is 164 cm³/mol. The Hall–Kier alpha value is -3.88. The van der Waals surface area contributed by atoms with Gasteiger partial charge in [0.05, 0.1) is 19.3 Å². The zero-order chi connectivity index (χ0) is 29.4. The number of nitrogens with zero attached hydrogens (tertiary/aromatic N) is 1. The number of anilines is 2. The van der Waals surface area contributed by atoms with Crippen LogP contribution in [0.3, 0.4) is 0 Å². The molecule has 41 heavy (non-hydrogen) atoms. The second-order valence-electron chi connectivity index (χ2n) is 11.0. The molecule has 2 amide bonds. The Labute approximate surface area is 243 Å². The van der Waals surface area contributed by atoms with Crippen molar-refractivity contribution >= 4 is 23.2 Å². The highest BCUT2D eigenvalue weighted by Gasteiger charge is 2.28. The van der Waals surface area contributed by atoms with Gasteiger partial charge in [0.1, 0.15) is 5.75 Å². The second kappa shape index (κ2) is 13.7. The second-order valence-corrected chi connectivity index (χ2v) is 11.0. The number of rotatable bonds is 13. The average Bonchev–Trinajstić information content (AvgIpc) is 3.42. The summed E-state index contributed by atoms with van der Waals surface area (Å²) >= 11 is 0. The van der Waals surface area contributed by atoms with E-state index in [1.807, 2.05) is 81.4 Å². The van der Waals surface area contributed by atoms with Crippen LogP contribution in [0.1, 0.15) is 55.1 Å². The van der Waals surface area contributed by atoms with Crippen LogP contribution in [-0.4, -0.2) is 55.8 Å². The smallest absolute Gasteiger partial charge is 0.251 e. The van der Waals surface area contributed by atoms with Crippen molar-refractivity contribution in [1.82, 2.24) is 10.6 Å². The minimum absolute atomic E-state index is 0.0621. The molecule has 0 unspecified atom stereocenters. The van der Waals surface area contributed by atoms with Gasteiger partial charge in [-0.1, -0.05) is 42.5 Å². The first-order valence-electron chi connectivity index (χ1n) is 14.3. The van der Waals surface area contributed by atoms with Crippen molar-refractivity contribution in [2.45, 2.75) is 57.7 Å². The Bertz CT molecular complexity index is 1330. The lowest BCUT2D eigenvalue weighted by Crippen LogP contribution is -2.51. The maximum absolute atomic E-state index is 13.7. The third-order valence-electron chi connectivity index (χ3n) is 7.57. The third-order valence-corrected chi connectivity index (χ3v) is 7.57. The largest absolute Gasteiger partial charge is 0.497 e. The maximum atomic E-state index is 13.7. The van der Waals surface area contributed by atoms with Gasteiger partial charge in [-0.25, -0.2) is 0 Å². The van der Waals surface area contributed by atoms with Crippen molar-refractivity contribution in [3.05, 3.63) is 89.5 Å². The molecule has 4 rings (SSSR count). The molecule has 3 aromatic rings. The molecule has 1 aliphatic rings. The van der Waals surface area contributed by atoms with Crippen molar-refractivity contribution in [3.63, 3.8) is 0 Å². The number of aliphatic hydroxyl groups excluding tert-OH is 1. The van der Waals surface area contributed by atoms with Crippen molar-refractivity contribution in [1.29, 1.82) is 0 Å². The summed E-state index contributed by atoms with van der Waals surface area (Å²) in [6, 6.07) is 22.6. The van der Waals surface area contributed by atoms with E-state index < -0.39 is 17.7 Å². The Morgan fingerprint density at radius 3 is 2.54 bits per heavy atom. The van der Waals surface area contributed by atoms with Crippen LogP contribution in [0.2, 0.25) is 0 Å². The van der Waals surface area contributed by atoms with Gasteiger partial charge in [-0.3, -0.25) is 9.59 Å². The van der Waals surface area contributed by atoms with E-state index in [-0.39, 0.29) is 18.4 Å². The summed E-state index contributed by atoms with van der Waals surface area (Å²) in [7, 11) is 1.64. The van der Waals surface area contributed by atoms with Crippen LogP contribution in [0.25, 0.3) is 0 Å². The van der Waals surface area contributed by atoms with E-state index in [1.54, 1.807) is 24.1 Å². The van der Waals surface area contributed by atoms with Crippen LogP contribution in [0.4, 0.5) is 11.4 Å². The molecule has 218 valence electrons. The van der Waals surface area contributed by atoms with E-state index in [2.05, 4.69) is 16.0 Å². The maximum Gasteiger partial charge on any atom is 0.251 e. The third kappa shape index (κ3) is 7.86. The van der Waals surface area contributed by atoms with E-state index in [9.17, 15) is 14.7 Å². The topological polar surface area (TPSA) is 103 Å². The number of nitrogens with one attached hydrogen (secondary N) is 3. The van der Waals surface area contributed by atoms with Gasteiger partial charge >= 0.3 is 0 Å². The van der Waals surface area contributed by atoms with Crippen molar-refractivity contribution in [2.24, 2.45) is 0 Å². The fourth-order valence-electron chi connectivity index (χ4n) is 5.14. The molecule has 1 heterocycles. The molecule has 0 spiro atoms. The summed E-state index contributed by atoms with van der Waals surface area (Å²) in [6.45, 7) is 7.66. The van der Waals surface area contributed by atoms with Crippen LogP contribution in [0.5, 0.6) is 5.75 Å². The molecule has 0 bridgehead atoms. The molecule has 8 nitrogen and oxygen atoms in total. The summed E-state index contributed by atoms with van der Waals surface area (Å²) in [5.74, 6) is 0.527. The van der Waals surface area contributed by atoms with Crippen molar-refractivity contribution in [3.8, 4) is 5.75 Å². The minimum Gasteiger partial charge on any atom is -0.497 e. The van der Waals surface area contributed by atoms with Gasteiger partial charge in [0.15, 0.2) is 0 Å². The van der Waals surface area contributed by atoms with Crippen LogP contribution < -0.4 is 25.6 Å². The zero-order valence-electron chi connectivity index (χ0n) is 24.4. The standard InChI is InChI=1S/C33H42N4O4/c1-5-34-26-18-24(19-27(21-26)37-16-10-15-31(37)39)32(40)36-29(17-23-11-7-6-8-12-23)30(38)22-35-33(2,3)25-13-9-14-28(20-25)41-4/h6-9,11-14,18-21,29-30,34-35,38H,5,10,15-17,22H2,1-4H3,(H,36,40)/t29-,30+/m0/s1. The molecular weight excluding hydrogens is 516 g/mol. The van der Waals surface area contributed by atoms with Gasteiger partial charge < -0.3 is 30.7 Å². The van der Waals surface area contributed by atoms with Gasteiger partial charge in [0.25, 0.3) is 5.91 Å². The van der Waals surface area contributed by atoms with E-state index in [0.29, 0.717) is 37.2 Å². The van der Waals surface area contributed by atoms with E-state index >= 15 is 0 Å². The lowest BCUT2D eigenvalue weighted by atomic mass is 9.93. The van der Waals surface area contributed by atoms with Crippen molar-refractivity contribution < 1.29 is 19.4 Å². The quantitative estimate of drug-likeness (QED) is 0.247. The summed E-state index contributed by atoms with van der Waals surface area (Å²) in [5.41, 5.74) is 3.50. The molecule has 1 fully saturated rings. The Morgan fingerprint density at radius 2 is 1.85 bits per heavy atom. The van der Waals surface area contributed by atoms with Crippen LogP contribution in [0.15, 0.2) is 72.8 Å². The summed E-state index contributed by atoms with van der Waals surface area (Å²) in [4.78, 5) is 27.8. The molecule has 8 heteroatoms. The summed E-state index contributed by atoms with van der Waals surface area (Å²) in [5, 5.41) is 21.2. The number of ether oxygens (including phenoxy) is 1. The molecular formula is C33H42N4O4. The first-order chi connectivity index (χ1) is 19.7. The number of carbonyl (C=O) groups excluding carboxylic acids is 2. The highest BCUT2D eigenvalue weighted by atomic mass is 16.5. The van der Waals surface area contributed by atoms with Gasteiger partial charge in [-0.15, -0.1) is 0 Å². The Kier molecular flexibility index (Phi) is 10.0. The van der Waals surface area contributed by atoms with Gasteiger partial charge in [-0.2, -0.15) is 0 Å². The molecule has 0 aliphatic carbocycles. The normalized spacial score (nSPS) is 15.0. The van der Waals surface area contributed by atoms with Gasteiger partial charge in [0.2, 0.25) is 5.91 Å². The number of benzene rings is 3. The molecule has 2 atom stereocenters. The number of aliphatic hydroxyl groups is 1. The molecule has 1 saturated heterocycles. The first kappa shape index (κ1) is 30.1. The molecule has 4 N–H and O–H groups in total. The number of hydrogen-bond donors (Lipinski definition) is 4. The number of amides is 2. The van der Waals surface area contributed by atoms with E-state index in [0.717, 1.165) is 29.0 Å². The van der Waals surface area contributed by atoms with E-state index in [1.165, 1.54) is 0 Å². The lowest BCUT2D eigenvalue weighted by Gasteiger charge is -2.31. The molecule has 0 radical (unpaired) electrons. The minimum atomic E-state index is -0.874. The van der Waals surface area contributed by atoms with Crippen LogP contribution >= 0.6 is 0 Å². The Morgan fingerprint density at radius 1 is 1.07 bits per heavy atom. The summed E-state index contributed by atoms with van der Waals surface area (Å²) < 4.78 is 5.39. The van der Waals surface area contributed by atoms with Gasteiger partial charge in [-0.05, 0) is 75.1 Å². The van der Waals surface area contributed by atoms with Crippen LogP contribution in [-0.2, 0) is 16.8 Å². The van der Waals surface area contributed by atoms with Gasteiger partial charge in [0, 0.05) is 48.5 Å². The van der Waals surface area contributed by atoms with Crippen molar-refractivity contribution in [2.75, 3.05) is 37.0 Å². The number of carbonyl (C=O) groups is 2. The molecule has 3 aromatic carbocycles. The Balaban J connectivity index is 1.54. The molecule has 0 saturated carbocycles. The predicted octanol–water partition coefficient (Wildman–Crippen LogP) is 4.48. The highest BCUT2D eigenvalue weighted by Crippen LogP contribution is 2.27. The lowest BCUT2D eigenvalue weighted by molar-refractivity contribution is -0.117. The fourth-order valence-corrected chi connectivity index (χ4v) is 5.14. The number of hydrogen-bond acceptors (Lipinski definition) is 6. The zero-order valence-corrected chi connectivity index (χ0v) is 24.4. The monoisotopic (exact) mass is 558 g/mol. The van der Waals surface area contributed by atoms with Crippen LogP contribution in [0, 0.1) is 0 Å². The summed E-state index contributed by atoms with van der Waals surface area (Å²) in [6.07, 6.45) is 0.896. The highest BCUT2D eigenvalue weighted by molar-refractivity contribution is 6.00. The molecule has 1 aliphatic heterocycles.